The standard InChI is InChI=1S/C23H27ClN6O2S/c24-14-7-25-20(26-8-14)17-12-2-3-13(17)10-30(9-12)22-27-18-15-6-16(15)33(32)19(18)21(28-22)29-23(11-31)4-1-5-23/h7-8,12-13,15-17,31H,1-6,9-11H2,(H,27,28,29). The Balaban J connectivity index is 1.21. The van der Waals surface area contributed by atoms with Crippen LogP contribution >= 0.6 is 11.6 Å². The van der Waals surface area contributed by atoms with E-state index in [-0.39, 0.29) is 17.4 Å². The van der Waals surface area contributed by atoms with Crippen LogP contribution < -0.4 is 10.2 Å². The number of rotatable bonds is 5. The molecule has 0 amide bonds. The smallest absolute Gasteiger partial charge is 0.227 e. The van der Waals surface area contributed by atoms with E-state index in [4.69, 9.17) is 21.6 Å². The molecule has 0 spiro atoms. The molecule has 33 heavy (non-hydrogen) atoms. The average Bonchev–Trinajstić information content (AvgIpc) is 3.49. The van der Waals surface area contributed by atoms with Crippen molar-refractivity contribution in [2.75, 3.05) is 29.9 Å². The van der Waals surface area contributed by atoms with Gasteiger partial charge in [0, 0.05) is 42.6 Å². The third-order valence-corrected chi connectivity index (χ3v) is 10.6. The largest absolute Gasteiger partial charge is 0.394 e. The lowest BCUT2D eigenvalue weighted by Crippen LogP contribution is -2.49. The Morgan fingerprint density at radius 1 is 1.18 bits per heavy atom. The number of hydrogen-bond donors (Lipinski definition) is 2. The van der Waals surface area contributed by atoms with E-state index in [1.165, 1.54) is 0 Å². The van der Waals surface area contributed by atoms with Crippen molar-refractivity contribution >= 4 is 34.2 Å². The van der Waals surface area contributed by atoms with Crippen LogP contribution in [0.4, 0.5) is 11.8 Å². The fourth-order valence-electron chi connectivity index (χ4n) is 6.46. The molecule has 3 aliphatic carbocycles. The number of aromatic nitrogens is 4. The van der Waals surface area contributed by atoms with Crippen LogP contribution in [0.2, 0.25) is 5.02 Å². The predicted octanol–water partition coefficient (Wildman–Crippen LogP) is 2.85. The molecule has 2 aromatic rings. The summed E-state index contributed by atoms with van der Waals surface area (Å²) in [5.74, 6) is 3.87. The number of anilines is 2. The van der Waals surface area contributed by atoms with Crippen LogP contribution in [0.15, 0.2) is 17.3 Å². The minimum atomic E-state index is -1.06. The highest BCUT2D eigenvalue weighted by Crippen LogP contribution is 2.56. The van der Waals surface area contributed by atoms with Gasteiger partial charge in [0.05, 0.1) is 33.7 Å². The van der Waals surface area contributed by atoms with Crippen molar-refractivity contribution in [2.24, 2.45) is 11.8 Å². The third-order valence-electron chi connectivity index (χ3n) is 8.49. The van der Waals surface area contributed by atoms with E-state index in [1.54, 1.807) is 12.4 Å². The maximum absolute atomic E-state index is 13.1. The van der Waals surface area contributed by atoms with Gasteiger partial charge in [0.15, 0.2) is 0 Å². The topological polar surface area (TPSA) is 104 Å². The molecule has 2 bridgehead atoms. The summed E-state index contributed by atoms with van der Waals surface area (Å²) in [5, 5.41) is 14.3. The predicted molar refractivity (Wildman–Crippen MR) is 125 cm³/mol. The zero-order valence-electron chi connectivity index (χ0n) is 18.3. The van der Waals surface area contributed by atoms with Crippen molar-refractivity contribution in [3.05, 3.63) is 28.9 Å². The summed E-state index contributed by atoms with van der Waals surface area (Å²) in [6.45, 7) is 1.80. The van der Waals surface area contributed by atoms with Crippen molar-refractivity contribution < 1.29 is 9.32 Å². The van der Waals surface area contributed by atoms with Gasteiger partial charge in [-0.05, 0) is 50.4 Å². The molecule has 4 heterocycles. The molecule has 2 aromatic heterocycles. The molecular formula is C23H27ClN6O2S. The first-order chi connectivity index (χ1) is 16.0. The summed E-state index contributed by atoms with van der Waals surface area (Å²) in [6.07, 6.45) is 9.56. The Bertz CT molecular complexity index is 1120. The number of aliphatic hydroxyl groups excluding tert-OH is 1. The van der Waals surface area contributed by atoms with E-state index in [0.717, 1.165) is 74.0 Å². The molecule has 8 nitrogen and oxygen atoms in total. The summed E-state index contributed by atoms with van der Waals surface area (Å²) < 4.78 is 13.1. The molecule has 5 aliphatic rings. The van der Waals surface area contributed by atoms with Crippen LogP contribution in [-0.4, -0.2) is 59.7 Å². The van der Waals surface area contributed by atoms with Crippen molar-refractivity contribution in [3.8, 4) is 0 Å². The zero-order chi connectivity index (χ0) is 22.3. The van der Waals surface area contributed by atoms with E-state index in [1.807, 2.05) is 0 Å². The highest BCUT2D eigenvalue weighted by atomic mass is 35.5. The van der Waals surface area contributed by atoms with E-state index < -0.39 is 10.8 Å². The summed E-state index contributed by atoms with van der Waals surface area (Å²) in [5.41, 5.74) is 0.627. The molecule has 5 atom stereocenters. The number of aliphatic hydroxyl groups is 1. The van der Waals surface area contributed by atoms with Crippen LogP contribution in [-0.2, 0) is 10.8 Å². The molecule has 7 rings (SSSR count). The van der Waals surface area contributed by atoms with Gasteiger partial charge in [-0.3, -0.25) is 4.21 Å². The van der Waals surface area contributed by atoms with E-state index in [0.29, 0.717) is 34.5 Å². The highest BCUT2D eigenvalue weighted by molar-refractivity contribution is 7.86. The van der Waals surface area contributed by atoms with E-state index in [2.05, 4.69) is 20.2 Å². The second-order valence-electron chi connectivity index (χ2n) is 10.5. The van der Waals surface area contributed by atoms with Gasteiger partial charge in [0.1, 0.15) is 16.5 Å². The minimum absolute atomic E-state index is 0.0667. The number of nitrogens with zero attached hydrogens (tertiary/aromatic N) is 5. The van der Waals surface area contributed by atoms with Gasteiger partial charge < -0.3 is 15.3 Å². The first-order valence-corrected chi connectivity index (χ1v) is 13.6. The van der Waals surface area contributed by atoms with E-state index >= 15 is 0 Å². The Labute approximate surface area is 200 Å². The lowest BCUT2D eigenvalue weighted by molar-refractivity contribution is 0.143. The normalized spacial score (nSPS) is 35.0. The number of hydrogen-bond acceptors (Lipinski definition) is 8. The molecule has 10 heteroatoms. The fourth-order valence-corrected chi connectivity index (χ4v) is 8.36. The highest BCUT2D eigenvalue weighted by Gasteiger charge is 2.55. The van der Waals surface area contributed by atoms with Crippen LogP contribution in [0.25, 0.3) is 0 Å². The molecule has 2 aliphatic heterocycles. The molecule has 2 N–H and O–H groups in total. The molecule has 0 radical (unpaired) electrons. The summed E-state index contributed by atoms with van der Waals surface area (Å²) in [6, 6.07) is 0. The summed E-state index contributed by atoms with van der Waals surface area (Å²) in [4.78, 5) is 22.1. The van der Waals surface area contributed by atoms with Gasteiger partial charge >= 0.3 is 0 Å². The monoisotopic (exact) mass is 486 g/mol. The van der Waals surface area contributed by atoms with Gasteiger partial charge in [-0.2, -0.15) is 4.98 Å². The van der Waals surface area contributed by atoms with Gasteiger partial charge in [-0.1, -0.05) is 11.6 Å². The number of piperidine rings is 1. The van der Waals surface area contributed by atoms with Crippen molar-refractivity contribution in [2.45, 2.75) is 66.0 Å². The van der Waals surface area contributed by atoms with Gasteiger partial charge in [0.2, 0.25) is 5.95 Å². The molecule has 174 valence electrons. The van der Waals surface area contributed by atoms with Crippen molar-refractivity contribution in [3.63, 3.8) is 0 Å². The van der Waals surface area contributed by atoms with Gasteiger partial charge in [-0.15, -0.1) is 0 Å². The second-order valence-corrected chi connectivity index (χ2v) is 12.5. The summed E-state index contributed by atoms with van der Waals surface area (Å²) in [7, 11) is -1.06. The maximum atomic E-state index is 13.1. The lowest BCUT2D eigenvalue weighted by atomic mass is 9.77. The Kier molecular flexibility index (Phi) is 4.56. The van der Waals surface area contributed by atoms with Crippen LogP contribution in [0.3, 0.4) is 0 Å². The van der Waals surface area contributed by atoms with Crippen LogP contribution in [0, 0.1) is 11.8 Å². The Morgan fingerprint density at radius 3 is 2.55 bits per heavy atom. The first-order valence-electron chi connectivity index (χ1n) is 12.0. The zero-order valence-corrected chi connectivity index (χ0v) is 19.9. The van der Waals surface area contributed by atoms with Crippen molar-refractivity contribution in [1.29, 1.82) is 0 Å². The van der Waals surface area contributed by atoms with Crippen LogP contribution in [0.5, 0.6) is 0 Å². The van der Waals surface area contributed by atoms with Crippen LogP contribution in [0.1, 0.15) is 61.9 Å². The molecule has 4 fully saturated rings. The van der Waals surface area contributed by atoms with Gasteiger partial charge in [0.25, 0.3) is 0 Å². The summed E-state index contributed by atoms with van der Waals surface area (Å²) >= 11 is 6.01. The number of halogens is 1. The quantitative estimate of drug-likeness (QED) is 0.664. The molecule has 1 saturated heterocycles. The number of fused-ring (bicyclic) bond motifs is 5. The third kappa shape index (κ3) is 3.15. The first kappa shape index (κ1) is 20.5. The maximum Gasteiger partial charge on any atom is 0.227 e. The van der Waals surface area contributed by atoms with Gasteiger partial charge in [-0.25, -0.2) is 15.0 Å². The fraction of sp³-hybridized carbons (Fsp3) is 0.652. The molecule has 3 saturated carbocycles. The average molecular weight is 487 g/mol. The Hall–Kier alpha value is -1.84. The lowest BCUT2D eigenvalue weighted by Gasteiger charge is -2.42. The van der Waals surface area contributed by atoms with E-state index in [9.17, 15) is 9.32 Å². The Morgan fingerprint density at radius 2 is 1.91 bits per heavy atom. The molecule has 0 aromatic carbocycles. The SMILES string of the molecule is O=S1c2c(NC3(CO)CCC3)nc(N3CC4CCC(C3)C4c3ncc(Cl)cn3)nc2C2CC21. The molecule has 5 unspecified atom stereocenters. The molecular weight excluding hydrogens is 460 g/mol. The number of nitrogens with one attached hydrogen (secondary N) is 1. The van der Waals surface area contributed by atoms with Crippen molar-refractivity contribution in [1.82, 2.24) is 19.9 Å². The minimum Gasteiger partial charge on any atom is -0.394 e. The second kappa shape index (κ2) is 7.33.